The lowest BCUT2D eigenvalue weighted by molar-refractivity contribution is 0.0484. The first-order valence-corrected chi connectivity index (χ1v) is 8.10. The van der Waals surface area contributed by atoms with Gasteiger partial charge in [0.1, 0.15) is 5.82 Å². The molecule has 1 fully saturated rings. The quantitative estimate of drug-likeness (QED) is 0.905. The largest absolute Gasteiger partial charge is 0.311 e. The van der Waals surface area contributed by atoms with E-state index in [1.807, 2.05) is 6.07 Å². The van der Waals surface area contributed by atoms with Crippen LogP contribution in [0, 0.1) is 11.2 Å². The van der Waals surface area contributed by atoms with Gasteiger partial charge in [-0.05, 0) is 29.5 Å². The molecule has 0 aliphatic carbocycles. The molecule has 0 aromatic heterocycles. The van der Waals surface area contributed by atoms with Crippen LogP contribution in [0.3, 0.4) is 0 Å². The van der Waals surface area contributed by atoms with Crippen LogP contribution in [0.2, 0.25) is 5.02 Å². The minimum absolute atomic E-state index is 0.191. The highest BCUT2D eigenvalue weighted by molar-refractivity contribution is 6.30. The highest BCUT2D eigenvalue weighted by Gasteiger charge is 2.34. The van der Waals surface area contributed by atoms with Gasteiger partial charge in [-0.3, -0.25) is 4.90 Å². The molecule has 0 radical (unpaired) electrons. The maximum absolute atomic E-state index is 13.6. The van der Waals surface area contributed by atoms with E-state index < -0.39 is 0 Å². The molecule has 1 aromatic rings. The van der Waals surface area contributed by atoms with Crippen molar-refractivity contribution in [1.82, 2.24) is 10.2 Å². The summed E-state index contributed by atoms with van der Waals surface area (Å²) in [6.07, 6.45) is 1.11. The van der Waals surface area contributed by atoms with E-state index in [0.717, 1.165) is 31.6 Å². The van der Waals surface area contributed by atoms with E-state index in [0.29, 0.717) is 12.1 Å². The molecule has 0 saturated carbocycles. The predicted octanol–water partition coefficient (Wildman–Crippen LogP) is 4.08. The average Bonchev–Trinajstić information content (AvgIpc) is 2.41. The summed E-state index contributed by atoms with van der Waals surface area (Å²) in [4.78, 5) is 2.48. The molecule has 21 heavy (non-hydrogen) atoms. The molecule has 2 unspecified atom stereocenters. The van der Waals surface area contributed by atoms with Gasteiger partial charge in [-0.2, -0.15) is 0 Å². The van der Waals surface area contributed by atoms with Crippen molar-refractivity contribution in [1.29, 1.82) is 0 Å². The van der Waals surface area contributed by atoms with E-state index in [1.165, 1.54) is 0 Å². The van der Waals surface area contributed by atoms with Gasteiger partial charge < -0.3 is 5.32 Å². The molecule has 118 valence electrons. The van der Waals surface area contributed by atoms with Crippen molar-refractivity contribution in [2.75, 3.05) is 13.1 Å². The minimum Gasteiger partial charge on any atom is -0.311 e. The Bertz CT molecular complexity index is 484. The third-order valence-corrected chi connectivity index (χ3v) is 4.66. The molecule has 1 saturated heterocycles. The van der Waals surface area contributed by atoms with Crippen LogP contribution in [-0.4, -0.2) is 30.1 Å². The molecule has 0 spiro atoms. The third-order valence-electron chi connectivity index (χ3n) is 4.36. The van der Waals surface area contributed by atoms with Gasteiger partial charge in [-0.15, -0.1) is 0 Å². The van der Waals surface area contributed by atoms with Crippen molar-refractivity contribution in [3.63, 3.8) is 0 Å². The number of hydrogen-bond donors (Lipinski definition) is 1. The zero-order valence-electron chi connectivity index (χ0n) is 13.4. The average molecular weight is 313 g/mol. The Labute approximate surface area is 132 Å². The zero-order valence-corrected chi connectivity index (χ0v) is 14.2. The third kappa shape index (κ3) is 4.18. The normalized spacial score (nSPS) is 24.3. The first-order chi connectivity index (χ1) is 9.81. The molecule has 0 amide bonds. The Morgan fingerprint density at radius 2 is 2.10 bits per heavy atom. The molecule has 4 heteroatoms. The number of halogens is 2. The lowest BCUT2D eigenvalue weighted by Gasteiger charge is -2.46. The molecule has 2 rings (SSSR count). The number of rotatable bonds is 3. The number of nitrogens with one attached hydrogen (secondary N) is 1. The van der Waals surface area contributed by atoms with Crippen LogP contribution in [0.15, 0.2) is 18.2 Å². The summed E-state index contributed by atoms with van der Waals surface area (Å²) >= 11 is 5.77. The zero-order chi connectivity index (χ0) is 15.6. The Morgan fingerprint density at radius 3 is 2.67 bits per heavy atom. The van der Waals surface area contributed by atoms with Gasteiger partial charge in [0.2, 0.25) is 0 Å². The minimum atomic E-state index is -0.330. The smallest absolute Gasteiger partial charge is 0.142 e. The molecule has 1 aliphatic heterocycles. The van der Waals surface area contributed by atoms with Gasteiger partial charge in [-0.25, -0.2) is 4.39 Å². The fourth-order valence-corrected chi connectivity index (χ4v) is 3.17. The van der Waals surface area contributed by atoms with Crippen molar-refractivity contribution in [2.24, 2.45) is 5.41 Å². The number of hydrogen-bond acceptors (Lipinski definition) is 2. The van der Waals surface area contributed by atoms with E-state index in [-0.39, 0.29) is 16.3 Å². The molecule has 0 bridgehead atoms. The molecule has 1 heterocycles. The van der Waals surface area contributed by atoms with Gasteiger partial charge in [0.05, 0.1) is 5.02 Å². The Balaban J connectivity index is 2.17. The fourth-order valence-electron chi connectivity index (χ4n) is 3.06. The summed E-state index contributed by atoms with van der Waals surface area (Å²) in [7, 11) is 0. The van der Waals surface area contributed by atoms with Crippen LogP contribution in [-0.2, 0) is 6.54 Å². The van der Waals surface area contributed by atoms with Gasteiger partial charge in [0.15, 0.2) is 0 Å². The van der Waals surface area contributed by atoms with Crippen molar-refractivity contribution in [3.05, 3.63) is 34.6 Å². The highest BCUT2D eigenvalue weighted by atomic mass is 35.5. The van der Waals surface area contributed by atoms with E-state index in [1.54, 1.807) is 12.1 Å². The Hall–Kier alpha value is -0.640. The molecule has 1 N–H and O–H groups in total. The van der Waals surface area contributed by atoms with E-state index >= 15 is 0 Å². The van der Waals surface area contributed by atoms with Crippen molar-refractivity contribution < 1.29 is 4.39 Å². The van der Waals surface area contributed by atoms with Crippen LogP contribution in [0.1, 0.15) is 39.7 Å². The Kier molecular flexibility index (Phi) is 5.29. The van der Waals surface area contributed by atoms with Gasteiger partial charge in [-0.1, -0.05) is 45.4 Å². The van der Waals surface area contributed by atoms with Gasteiger partial charge in [0.25, 0.3) is 0 Å². The topological polar surface area (TPSA) is 15.3 Å². The van der Waals surface area contributed by atoms with E-state index in [9.17, 15) is 4.39 Å². The number of nitrogens with zero attached hydrogens (tertiary/aromatic N) is 1. The van der Waals surface area contributed by atoms with E-state index in [4.69, 9.17) is 11.6 Å². The van der Waals surface area contributed by atoms with Gasteiger partial charge in [0, 0.05) is 31.7 Å². The first kappa shape index (κ1) is 16.7. The Morgan fingerprint density at radius 1 is 1.38 bits per heavy atom. The van der Waals surface area contributed by atoms with Crippen LogP contribution in [0.25, 0.3) is 0 Å². The summed E-state index contributed by atoms with van der Waals surface area (Å²) in [5.74, 6) is -0.330. The van der Waals surface area contributed by atoms with E-state index in [2.05, 4.69) is 37.9 Å². The lowest BCUT2D eigenvalue weighted by atomic mass is 9.83. The number of benzene rings is 1. The highest BCUT2D eigenvalue weighted by Crippen LogP contribution is 2.28. The monoisotopic (exact) mass is 312 g/mol. The second kappa shape index (κ2) is 6.64. The molecule has 1 aromatic carbocycles. The van der Waals surface area contributed by atoms with Crippen molar-refractivity contribution >= 4 is 11.6 Å². The van der Waals surface area contributed by atoms with Crippen molar-refractivity contribution in [2.45, 2.75) is 52.7 Å². The summed E-state index contributed by atoms with van der Waals surface area (Å²) in [6, 6.07) is 6.09. The standard InChI is InChI=1S/C17H26ClFN2/c1-5-13-11-21(16(9-20-13)17(2,3)4)10-12-6-7-14(18)15(19)8-12/h6-8,13,16,20H,5,9-11H2,1-4H3. The fraction of sp³-hybridized carbons (Fsp3) is 0.647. The summed E-state index contributed by atoms with van der Waals surface area (Å²) < 4.78 is 13.6. The SMILES string of the molecule is CCC1CN(Cc2ccc(Cl)c(F)c2)C(C(C)(C)C)CN1. The first-order valence-electron chi connectivity index (χ1n) is 7.72. The maximum Gasteiger partial charge on any atom is 0.142 e. The summed E-state index contributed by atoms with van der Waals surface area (Å²) in [6.45, 7) is 11.8. The second-order valence-corrected chi connectivity index (χ2v) is 7.48. The maximum atomic E-state index is 13.6. The molecule has 1 aliphatic rings. The van der Waals surface area contributed by atoms with Crippen LogP contribution < -0.4 is 5.32 Å². The molecular weight excluding hydrogens is 287 g/mol. The van der Waals surface area contributed by atoms with Crippen LogP contribution in [0.4, 0.5) is 4.39 Å². The molecular formula is C17H26ClFN2. The van der Waals surface area contributed by atoms with Crippen molar-refractivity contribution in [3.8, 4) is 0 Å². The second-order valence-electron chi connectivity index (χ2n) is 7.07. The lowest BCUT2D eigenvalue weighted by Crippen LogP contribution is -2.59. The van der Waals surface area contributed by atoms with Crippen LogP contribution >= 0.6 is 11.6 Å². The van der Waals surface area contributed by atoms with Gasteiger partial charge >= 0.3 is 0 Å². The molecule has 2 atom stereocenters. The number of piperazine rings is 1. The van der Waals surface area contributed by atoms with Crippen LogP contribution in [0.5, 0.6) is 0 Å². The summed E-state index contributed by atoms with van der Waals surface area (Å²) in [5, 5.41) is 3.82. The summed E-state index contributed by atoms with van der Waals surface area (Å²) in [5.41, 5.74) is 1.18. The molecule has 2 nitrogen and oxygen atoms in total. The predicted molar refractivity (Wildman–Crippen MR) is 87.1 cm³/mol.